The molecule has 3 aromatic rings. The minimum absolute atomic E-state index is 0.212. The molecule has 2 aromatic heterocycles. The van der Waals surface area contributed by atoms with Crippen LogP contribution < -0.4 is 21.1 Å². The Balaban J connectivity index is 1.57. The molecule has 9 nitrogen and oxygen atoms in total. The average molecular weight is 416 g/mol. The molecule has 154 valence electrons. The Hall–Kier alpha value is -2.69. The van der Waals surface area contributed by atoms with E-state index in [0.29, 0.717) is 17.7 Å². The molecule has 5 N–H and O–H groups in total. The van der Waals surface area contributed by atoms with Gasteiger partial charge in [0.2, 0.25) is 10.0 Å². The van der Waals surface area contributed by atoms with Gasteiger partial charge >= 0.3 is 0 Å². The van der Waals surface area contributed by atoms with Crippen LogP contribution in [0.2, 0.25) is 0 Å². The van der Waals surface area contributed by atoms with Crippen molar-refractivity contribution in [3.63, 3.8) is 0 Å². The number of benzene rings is 1. The number of hydrogen-bond acceptors (Lipinski definition) is 7. The molecule has 0 amide bonds. The van der Waals surface area contributed by atoms with Crippen LogP contribution in [0.5, 0.6) is 0 Å². The Labute approximate surface area is 169 Å². The monoisotopic (exact) mass is 415 g/mol. The molecule has 1 aliphatic rings. The second kappa shape index (κ2) is 7.97. The quantitative estimate of drug-likeness (QED) is 0.485. The Bertz CT molecular complexity index is 1090. The molecule has 0 spiro atoms. The van der Waals surface area contributed by atoms with Crippen molar-refractivity contribution in [1.82, 2.24) is 19.3 Å². The van der Waals surface area contributed by atoms with Crippen LogP contribution >= 0.6 is 0 Å². The fourth-order valence-electron chi connectivity index (χ4n) is 3.54. The highest BCUT2D eigenvalue weighted by atomic mass is 32.2. The van der Waals surface area contributed by atoms with Crippen LogP contribution in [-0.4, -0.2) is 42.1 Å². The van der Waals surface area contributed by atoms with Crippen molar-refractivity contribution < 1.29 is 8.42 Å². The molecule has 1 fully saturated rings. The third-order valence-corrected chi connectivity index (χ3v) is 6.63. The Morgan fingerprint density at radius 3 is 2.55 bits per heavy atom. The summed E-state index contributed by atoms with van der Waals surface area (Å²) in [4.78, 5) is 4.58. The highest BCUT2D eigenvalue weighted by molar-refractivity contribution is 7.89. The van der Waals surface area contributed by atoms with Crippen LogP contribution in [0.25, 0.3) is 5.65 Å². The number of rotatable bonds is 6. The molecule has 0 atom stereocenters. The predicted octanol–water partition coefficient (Wildman–Crippen LogP) is 2.06. The number of anilines is 3. The van der Waals surface area contributed by atoms with Gasteiger partial charge in [-0.25, -0.2) is 22.6 Å². The van der Waals surface area contributed by atoms with Crippen LogP contribution in [0.15, 0.2) is 47.6 Å². The predicted molar refractivity (Wildman–Crippen MR) is 113 cm³/mol. The summed E-state index contributed by atoms with van der Waals surface area (Å²) in [6.07, 6.45) is 7.56. The topological polar surface area (TPSA) is 126 Å². The van der Waals surface area contributed by atoms with Gasteiger partial charge < -0.3 is 16.4 Å². The van der Waals surface area contributed by atoms with Crippen LogP contribution in [0.4, 0.5) is 17.2 Å². The van der Waals surface area contributed by atoms with E-state index >= 15 is 0 Å². The third-order valence-electron chi connectivity index (χ3n) is 5.20. The Morgan fingerprint density at radius 2 is 1.86 bits per heavy atom. The van der Waals surface area contributed by atoms with Crippen LogP contribution in [-0.2, 0) is 10.0 Å². The zero-order valence-corrected chi connectivity index (χ0v) is 17.0. The molecule has 4 rings (SSSR count). The molecule has 0 radical (unpaired) electrons. The van der Waals surface area contributed by atoms with Gasteiger partial charge in [-0.05, 0) is 57.0 Å². The van der Waals surface area contributed by atoms with Gasteiger partial charge in [-0.1, -0.05) is 0 Å². The van der Waals surface area contributed by atoms with E-state index in [4.69, 9.17) is 5.73 Å². The minimum atomic E-state index is -3.46. The van der Waals surface area contributed by atoms with Gasteiger partial charge in [0.05, 0.1) is 10.6 Å². The fourth-order valence-corrected chi connectivity index (χ4v) is 4.27. The first-order valence-electron chi connectivity index (χ1n) is 9.62. The smallest absolute Gasteiger partial charge is 0.240 e. The third kappa shape index (κ3) is 4.34. The lowest BCUT2D eigenvalue weighted by Gasteiger charge is -2.27. The number of hydrogen-bond donors (Lipinski definition) is 4. The van der Waals surface area contributed by atoms with Crippen LogP contribution in [0.1, 0.15) is 25.7 Å². The first-order chi connectivity index (χ1) is 13.9. The second-order valence-electron chi connectivity index (χ2n) is 7.25. The second-order valence-corrected chi connectivity index (χ2v) is 9.14. The summed E-state index contributed by atoms with van der Waals surface area (Å²) < 4.78 is 27.8. The van der Waals surface area contributed by atoms with Crippen molar-refractivity contribution >= 4 is 32.9 Å². The molecule has 10 heteroatoms. The van der Waals surface area contributed by atoms with E-state index < -0.39 is 10.0 Å². The maximum atomic E-state index is 11.9. The lowest BCUT2D eigenvalue weighted by molar-refractivity contribution is 0.410. The van der Waals surface area contributed by atoms with E-state index in [1.54, 1.807) is 41.2 Å². The highest BCUT2D eigenvalue weighted by Crippen LogP contribution is 2.26. The number of imidazole rings is 1. The minimum Gasteiger partial charge on any atom is -0.366 e. The molecule has 0 bridgehead atoms. The molecule has 1 aromatic carbocycles. The van der Waals surface area contributed by atoms with Gasteiger partial charge in [0.1, 0.15) is 5.82 Å². The van der Waals surface area contributed by atoms with Gasteiger partial charge in [-0.15, -0.1) is 5.10 Å². The molecular formula is C19H25N7O2S. The number of sulfonamides is 1. The normalized spacial score (nSPS) is 19.9. The number of nitrogens with two attached hydrogens (primary N) is 1. The lowest BCUT2D eigenvalue weighted by Crippen LogP contribution is -2.33. The molecule has 29 heavy (non-hydrogen) atoms. The first-order valence-corrected chi connectivity index (χ1v) is 11.1. The number of fused-ring (bicyclic) bond motifs is 1. The van der Waals surface area contributed by atoms with E-state index in [0.717, 1.165) is 42.9 Å². The molecular weight excluding hydrogens is 390 g/mol. The zero-order chi connectivity index (χ0) is 20.4. The molecule has 0 saturated heterocycles. The molecule has 2 heterocycles. The maximum Gasteiger partial charge on any atom is 0.240 e. The summed E-state index contributed by atoms with van der Waals surface area (Å²) in [5.74, 6) is 0.757. The van der Waals surface area contributed by atoms with Crippen LogP contribution in [0.3, 0.4) is 0 Å². The molecule has 0 aliphatic heterocycles. The summed E-state index contributed by atoms with van der Waals surface area (Å²) in [7, 11) is -2.07. The number of nitrogens with zero attached hydrogens (tertiary/aromatic N) is 3. The molecule has 1 aliphatic carbocycles. The highest BCUT2D eigenvalue weighted by Gasteiger charge is 2.19. The van der Waals surface area contributed by atoms with E-state index in [1.165, 1.54) is 7.05 Å². The summed E-state index contributed by atoms with van der Waals surface area (Å²) in [5, 5.41) is 11.4. The number of aromatic nitrogens is 3. The van der Waals surface area contributed by atoms with Crippen molar-refractivity contribution in [2.75, 3.05) is 17.7 Å². The largest absolute Gasteiger partial charge is 0.366 e. The Morgan fingerprint density at radius 1 is 1.14 bits per heavy atom. The summed E-state index contributed by atoms with van der Waals surface area (Å²) in [6.45, 7) is 0. The van der Waals surface area contributed by atoms with Gasteiger partial charge in [0, 0.05) is 36.2 Å². The van der Waals surface area contributed by atoms with Gasteiger partial charge in [0.15, 0.2) is 5.65 Å². The molecule has 1 saturated carbocycles. The van der Waals surface area contributed by atoms with Crippen molar-refractivity contribution in [2.24, 2.45) is 5.73 Å². The van der Waals surface area contributed by atoms with Crippen LogP contribution in [0, 0.1) is 0 Å². The number of nitrogens with one attached hydrogen (secondary N) is 3. The van der Waals surface area contributed by atoms with E-state index in [2.05, 4.69) is 25.4 Å². The summed E-state index contributed by atoms with van der Waals surface area (Å²) in [6, 6.07) is 9.13. The van der Waals surface area contributed by atoms with Gasteiger partial charge in [-0.3, -0.25) is 0 Å². The lowest BCUT2D eigenvalue weighted by atomic mass is 9.92. The average Bonchev–Trinajstić information content (AvgIpc) is 3.19. The van der Waals surface area contributed by atoms with Crippen molar-refractivity contribution in [1.29, 1.82) is 0 Å². The van der Waals surface area contributed by atoms with Gasteiger partial charge in [-0.2, -0.15) is 0 Å². The zero-order valence-electron chi connectivity index (χ0n) is 16.2. The summed E-state index contributed by atoms with van der Waals surface area (Å²) in [5.41, 5.74) is 8.22. The van der Waals surface area contributed by atoms with Crippen molar-refractivity contribution in [3.05, 3.63) is 42.7 Å². The SMILES string of the molecule is CNS(=O)(=O)c1ccc(Nc2cc(NC3CCC(N)CC3)nn3ccnc23)cc1. The Kier molecular flexibility index (Phi) is 5.39. The molecule has 0 unspecified atom stereocenters. The van der Waals surface area contributed by atoms with Crippen molar-refractivity contribution in [3.8, 4) is 0 Å². The standard InChI is InChI=1S/C19H25N7O2S/c1-21-29(27,28)16-8-6-14(7-9-16)23-17-12-18(25-26-11-10-22-19(17)26)24-15-4-2-13(20)3-5-15/h6-13,15,21,23H,2-5,20H2,1H3,(H,24,25). The van der Waals surface area contributed by atoms with E-state index in [9.17, 15) is 8.42 Å². The van der Waals surface area contributed by atoms with E-state index in [-0.39, 0.29) is 4.90 Å². The fraction of sp³-hybridized carbons (Fsp3) is 0.368. The van der Waals surface area contributed by atoms with Crippen molar-refractivity contribution in [2.45, 2.75) is 42.7 Å². The first kappa shape index (κ1) is 19.6. The van der Waals surface area contributed by atoms with E-state index in [1.807, 2.05) is 6.07 Å². The van der Waals surface area contributed by atoms with Gasteiger partial charge in [0.25, 0.3) is 0 Å². The maximum absolute atomic E-state index is 11.9. The summed E-state index contributed by atoms with van der Waals surface area (Å²) >= 11 is 0.